The number of hydrogen-bond acceptors (Lipinski definition) is 2. The molecule has 1 saturated heterocycles. The number of primary amides is 1. The van der Waals surface area contributed by atoms with Crippen LogP contribution in [0.15, 0.2) is 24.3 Å². The fourth-order valence-electron chi connectivity index (χ4n) is 2.38. The predicted octanol–water partition coefficient (Wildman–Crippen LogP) is 1.59. The third kappa shape index (κ3) is 2.42. The Kier molecular flexibility index (Phi) is 3.25. The van der Waals surface area contributed by atoms with Crippen molar-refractivity contribution in [3.63, 3.8) is 0 Å². The molecule has 16 heavy (non-hydrogen) atoms. The van der Waals surface area contributed by atoms with Crippen molar-refractivity contribution in [1.29, 1.82) is 0 Å². The van der Waals surface area contributed by atoms with Gasteiger partial charge < -0.3 is 10.6 Å². The maximum absolute atomic E-state index is 11.1. The van der Waals surface area contributed by atoms with E-state index in [1.807, 2.05) is 12.1 Å². The average Bonchev–Trinajstić information content (AvgIpc) is 2.29. The number of rotatable bonds is 2. The van der Waals surface area contributed by atoms with Gasteiger partial charge in [-0.25, -0.2) is 0 Å². The molecular formula is C13H18N2O. The largest absolute Gasteiger partial charge is 0.366 e. The van der Waals surface area contributed by atoms with Gasteiger partial charge >= 0.3 is 0 Å². The second-order valence-corrected chi connectivity index (χ2v) is 4.59. The Balaban J connectivity index is 2.19. The molecule has 0 radical (unpaired) electrons. The monoisotopic (exact) mass is 218 g/mol. The number of carbonyl (C=O) groups is 1. The molecule has 3 heteroatoms. The van der Waals surface area contributed by atoms with Crippen molar-refractivity contribution in [1.82, 2.24) is 4.90 Å². The second kappa shape index (κ2) is 4.66. The average molecular weight is 218 g/mol. The van der Waals surface area contributed by atoms with E-state index in [1.54, 1.807) is 6.07 Å². The Labute approximate surface area is 96.2 Å². The Morgan fingerprint density at radius 3 is 3.00 bits per heavy atom. The standard InChI is InChI=1S/C13H18N2O/c1-15-7-3-6-12(9-15)10-4-2-5-11(8-10)13(14)16/h2,4-5,8,12H,3,6-7,9H2,1H3,(H2,14,16)/t12-/m1/s1. The Morgan fingerprint density at radius 2 is 2.31 bits per heavy atom. The highest BCUT2D eigenvalue weighted by atomic mass is 16.1. The molecule has 0 aromatic heterocycles. The summed E-state index contributed by atoms with van der Waals surface area (Å²) in [5.41, 5.74) is 7.15. The molecular weight excluding hydrogens is 200 g/mol. The van der Waals surface area contributed by atoms with Gasteiger partial charge in [0, 0.05) is 12.1 Å². The summed E-state index contributed by atoms with van der Waals surface area (Å²) >= 11 is 0. The number of benzene rings is 1. The van der Waals surface area contributed by atoms with E-state index < -0.39 is 0 Å². The Bertz CT molecular complexity index is 389. The number of amides is 1. The lowest BCUT2D eigenvalue weighted by Gasteiger charge is -2.30. The summed E-state index contributed by atoms with van der Waals surface area (Å²) < 4.78 is 0. The number of hydrogen-bond donors (Lipinski definition) is 1. The molecule has 1 heterocycles. The number of likely N-dealkylation sites (tertiary alicyclic amines) is 1. The van der Waals surface area contributed by atoms with Crippen molar-refractivity contribution in [2.75, 3.05) is 20.1 Å². The molecule has 2 N–H and O–H groups in total. The first kappa shape index (κ1) is 11.1. The second-order valence-electron chi connectivity index (χ2n) is 4.59. The molecule has 3 nitrogen and oxygen atoms in total. The van der Waals surface area contributed by atoms with Gasteiger partial charge in [0.15, 0.2) is 0 Å². The summed E-state index contributed by atoms with van der Waals surface area (Å²) in [4.78, 5) is 13.5. The summed E-state index contributed by atoms with van der Waals surface area (Å²) in [6.07, 6.45) is 2.43. The van der Waals surface area contributed by atoms with Crippen LogP contribution in [0.5, 0.6) is 0 Å². The van der Waals surface area contributed by atoms with Gasteiger partial charge in [-0.3, -0.25) is 4.79 Å². The van der Waals surface area contributed by atoms with E-state index in [-0.39, 0.29) is 5.91 Å². The molecule has 0 bridgehead atoms. The zero-order chi connectivity index (χ0) is 11.5. The third-order valence-corrected chi connectivity index (χ3v) is 3.27. The maximum atomic E-state index is 11.1. The Hall–Kier alpha value is -1.35. The van der Waals surface area contributed by atoms with E-state index in [1.165, 1.54) is 24.9 Å². The summed E-state index contributed by atoms with van der Waals surface area (Å²) in [5.74, 6) is 0.198. The van der Waals surface area contributed by atoms with Crippen LogP contribution >= 0.6 is 0 Å². The number of nitrogens with zero attached hydrogens (tertiary/aromatic N) is 1. The molecule has 0 unspecified atom stereocenters. The molecule has 1 aliphatic heterocycles. The van der Waals surface area contributed by atoms with Crippen molar-refractivity contribution in [3.8, 4) is 0 Å². The van der Waals surface area contributed by atoms with Crippen LogP contribution in [0.3, 0.4) is 0 Å². The van der Waals surface area contributed by atoms with Crippen LogP contribution in [0.2, 0.25) is 0 Å². The molecule has 1 fully saturated rings. The fraction of sp³-hybridized carbons (Fsp3) is 0.462. The van der Waals surface area contributed by atoms with Crippen LogP contribution in [0.4, 0.5) is 0 Å². The highest BCUT2D eigenvalue weighted by Gasteiger charge is 2.19. The Morgan fingerprint density at radius 1 is 1.50 bits per heavy atom. The summed E-state index contributed by atoms with van der Waals surface area (Å²) in [6.45, 7) is 2.24. The first-order valence-corrected chi connectivity index (χ1v) is 5.75. The smallest absolute Gasteiger partial charge is 0.248 e. The van der Waals surface area contributed by atoms with E-state index in [4.69, 9.17) is 5.73 Å². The van der Waals surface area contributed by atoms with Crippen LogP contribution < -0.4 is 5.73 Å². The molecule has 1 aromatic rings. The highest BCUT2D eigenvalue weighted by Crippen LogP contribution is 2.26. The van der Waals surface area contributed by atoms with Crippen molar-refractivity contribution in [2.24, 2.45) is 5.73 Å². The number of piperidine rings is 1. The molecule has 1 aromatic carbocycles. The van der Waals surface area contributed by atoms with E-state index in [0.29, 0.717) is 11.5 Å². The molecule has 0 aliphatic carbocycles. The fourth-order valence-corrected chi connectivity index (χ4v) is 2.38. The van der Waals surface area contributed by atoms with Gasteiger partial charge in [0.1, 0.15) is 0 Å². The first-order chi connectivity index (χ1) is 7.66. The molecule has 0 saturated carbocycles. The van der Waals surface area contributed by atoms with Crippen LogP contribution in [0.25, 0.3) is 0 Å². The predicted molar refractivity (Wildman–Crippen MR) is 64.4 cm³/mol. The van der Waals surface area contributed by atoms with Gasteiger partial charge in [0.2, 0.25) is 5.91 Å². The molecule has 0 spiro atoms. The topological polar surface area (TPSA) is 46.3 Å². The van der Waals surface area contributed by atoms with Crippen LogP contribution in [-0.4, -0.2) is 30.9 Å². The third-order valence-electron chi connectivity index (χ3n) is 3.27. The first-order valence-electron chi connectivity index (χ1n) is 5.75. The van der Waals surface area contributed by atoms with Crippen LogP contribution in [0, 0.1) is 0 Å². The molecule has 1 atom stereocenters. The number of nitrogens with two attached hydrogens (primary N) is 1. The van der Waals surface area contributed by atoms with Crippen molar-refractivity contribution < 1.29 is 4.79 Å². The van der Waals surface area contributed by atoms with Gasteiger partial charge in [0.05, 0.1) is 0 Å². The van der Waals surface area contributed by atoms with Gasteiger partial charge in [-0.05, 0) is 50.0 Å². The molecule has 1 aliphatic rings. The lowest BCUT2D eigenvalue weighted by molar-refractivity contribution is 0.1000. The van der Waals surface area contributed by atoms with Crippen molar-refractivity contribution in [3.05, 3.63) is 35.4 Å². The zero-order valence-electron chi connectivity index (χ0n) is 9.65. The van der Waals surface area contributed by atoms with E-state index >= 15 is 0 Å². The van der Waals surface area contributed by atoms with Crippen LogP contribution in [-0.2, 0) is 0 Å². The van der Waals surface area contributed by atoms with Crippen molar-refractivity contribution in [2.45, 2.75) is 18.8 Å². The number of likely N-dealkylation sites (N-methyl/N-ethyl adjacent to an activating group) is 1. The van der Waals surface area contributed by atoms with E-state index in [2.05, 4.69) is 18.0 Å². The van der Waals surface area contributed by atoms with Gasteiger partial charge in [-0.1, -0.05) is 12.1 Å². The summed E-state index contributed by atoms with van der Waals surface area (Å²) in [5, 5.41) is 0. The zero-order valence-corrected chi connectivity index (χ0v) is 9.65. The van der Waals surface area contributed by atoms with Gasteiger partial charge in [-0.15, -0.1) is 0 Å². The quantitative estimate of drug-likeness (QED) is 0.819. The highest BCUT2D eigenvalue weighted by molar-refractivity contribution is 5.92. The lowest BCUT2D eigenvalue weighted by atomic mass is 9.90. The van der Waals surface area contributed by atoms with Crippen molar-refractivity contribution >= 4 is 5.91 Å². The number of carbonyl (C=O) groups excluding carboxylic acids is 1. The van der Waals surface area contributed by atoms with Crippen LogP contribution in [0.1, 0.15) is 34.7 Å². The summed E-state index contributed by atoms with van der Waals surface area (Å²) in [7, 11) is 2.14. The minimum atomic E-state index is -0.342. The van der Waals surface area contributed by atoms with E-state index in [9.17, 15) is 4.79 Å². The summed E-state index contributed by atoms with van der Waals surface area (Å²) in [6, 6.07) is 7.73. The lowest BCUT2D eigenvalue weighted by Crippen LogP contribution is -2.30. The normalized spacial score (nSPS) is 21.9. The molecule has 2 rings (SSSR count). The molecule has 1 amide bonds. The maximum Gasteiger partial charge on any atom is 0.248 e. The minimum absolute atomic E-state index is 0.342. The molecule has 86 valence electrons. The SMILES string of the molecule is CN1CCC[C@@H](c2cccc(C(N)=O)c2)C1. The van der Waals surface area contributed by atoms with Gasteiger partial charge in [0.25, 0.3) is 0 Å². The minimum Gasteiger partial charge on any atom is -0.366 e. The van der Waals surface area contributed by atoms with E-state index in [0.717, 1.165) is 6.54 Å². The van der Waals surface area contributed by atoms with Gasteiger partial charge in [-0.2, -0.15) is 0 Å².